The maximum Gasteiger partial charge on any atom is 0.281 e. The highest BCUT2D eigenvalue weighted by molar-refractivity contribution is 6.13. The van der Waals surface area contributed by atoms with Crippen LogP contribution in [0.3, 0.4) is 0 Å². The van der Waals surface area contributed by atoms with Crippen LogP contribution in [0.15, 0.2) is 64.4 Å². The lowest BCUT2D eigenvalue weighted by atomic mass is 10.1. The molecule has 1 heterocycles. The number of aryl methyl sites for hydroxylation is 1. The summed E-state index contributed by atoms with van der Waals surface area (Å²) < 4.78 is 6.51. The fourth-order valence-electron chi connectivity index (χ4n) is 2.51. The van der Waals surface area contributed by atoms with Gasteiger partial charge in [0.25, 0.3) is 5.56 Å². The number of nitrogens with zero attached hydrogens (tertiary/aromatic N) is 3. The van der Waals surface area contributed by atoms with Gasteiger partial charge in [-0.05, 0) is 43.3 Å². The number of hydrogen-bond acceptors (Lipinski definition) is 4. The smallest absolute Gasteiger partial charge is 0.281 e. The van der Waals surface area contributed by atoms with Gasteiger partial charge in [0.2, 0.25) is 0 Å². The van der Waals surface area contributed by atoms with E-state index in [9.17, 15) is 10.1 Å². The molecule has 0 fully saturated rings. The highest BCUT2D eigenvalue weighted by atomic mass is 16.5. The lowest BCUT2D eigenvalue weighted by molar-refractivity contribution is 0.415. The highest BCUT2D eigenvalue weighted by Gasteiger charge is 2.17. The number of para-hydroxylation sites is 1. The summed E-state index contributed by atoms with van der Waals surface area (Å²) in [6.07, 6.45) is 0. The van der Waals surface area contributed by atoms with E-state index in [-0.39, 0.29) is 16.8 Å². The minimum atomic E-state index is -0.308. The van der Waals surface area contributed by atoms with Crippen LogP contribution in [0.5, 0.6) is 5.75 Å². The van der Waals surface area contributed by atoms with Crippen molar-refractivity contribution in [3.63, 3.8) is 0 Å². The van der Waals surface area contributed by atoms with Gasteiger partial charge in [-0.1, -0.05) is 18.2 Å². The van der Waals surface area contributed by atoms with E-state index in [1.807, 2.05) is 36.4 Å². The van der Waals surface area contributed by atoms with Crippen molar-refractivity contribution in [3.05, 3.63) is 76.2 Å². The molecule has 0 aliphatic carbocycles. The van der Waals surface area contributed by atoms with Gasteiger partial charge in [0.05, 0.1) is 24.0 Å². The number of H-pyrrole nitrogens is 1. The molecule has 3 rings (SSSR count). The second kappa shape index (κ2) is 6.89. The van der Waals surface area contributed by atoms with Gasteiger partial charge in [0.15, 0.2) is 5.71 Å². The predicted molar refractivity (Wildman–Crippen MR) is 95.9 cm³/mol. The molecule has 2 aromatic carbocycles. The summed E-state index contributed by atoms with van der Waals surface area (Å²) in [6, 6.07) is 18.2. The molecule has 6 heteroatoms. The van der Waals surface area contributed by atoms with Crippen LogP contribution in [0.4, 0.5) is 5.69 Å². The van der Waals surface area contributed by atoms with E-state index in [0.29, 0.717) is 22.8 Å². The van der Waals surface area contributed by atoms with Crippen molar-refractivity contribution in [2.45, 2.75) is 6.92 Å². The summed E-state index contributed by atoms with van der Waals surface area (Å²) in [5, 5.41) is 12.5. The monoisotopic (exact) mass is 332 g/mol. The Morgan fingerprint density at radius 2 is 1.84 bits per heavy atom. The van der Waals surface area contributed by atoms with Crippen molar-refractivity contribution in [2.24, 2.45) is 4.99 Å². The average Bonchev–Trinajstić information content (AvgIpc) is 2.95. The Morgan fingerprint density at radius 3 is 2.44 bits per heavy atom. The number of benzene rings is 2. The molecular weight excluding hydrogens is 316 g/mol. The molecule has 0 aliphatic heterocycles. The zero-order chi connectivity index (χ0) is 17.8. The Kier molecular flexibility index (Phi) is 4.48. The fourth-order valence-corrected chi connectivity index (χ4v) is 2.51. The minimum absolute atomic E-state index is 0.0681. The molecule has 124 valence electrons. The number of methoxy groups -OCH3 is 1. The van der Waals surface area contributed by atoms with Gasteiger partial charge in [-0.3, -0.25) is 9.89 Å². The Labute approximate surface area is 144 Å². The van der Waals surface area contributed by atoms with E-state index >= 15 is 0 Å². The summed E-state index contributed by atoms with van der Waals surface area (Å²) in [7, 11) is 1.58. The number of aromatic amines is 1. The van der Waals surface area contributed by atoms with Crippen LogP contribution in [0.25, 0.3) is 5.69 Å². The van der Waals surface area contributed by atoms with Crippen LogP contribution in [0.2, 0.25) is 0 Å². The van der Waals surface area contributed by atoms with E-state index in [0.717, 1.165) is 0 Å². The molecule has 0 saturated heterocycles. The molecule has 0 atom stereocenters. The SMILES string of the molecule is COc1ccc(N=C(C#N)c2c(C)[nH]n(-c3ccccc3)c2=O)cc1. The molecule has 0 spiro atoms. The summed E-state index contributed by atoms with van der Waals surface area (Å²) in [5.74, 6) is 0.696. The van der Waals surface area contributed by atoms with E-state index in [2.05, 4.69) is 10.1 Å². The van der Waals surface area contributed by atoms with Crippen molar-refractivity contribution in [1.29, 1.82) is 5.26 Å². The van der Waals surface area contributed by atoms with E-state index in [4.69, 9.17) is 4.74 Å². The van der Waals surface area contributed by atoms with Crippen LogP contribution < -0.4 is 10.3 Å². The number of aromatic nitrogens is 2. The summed E-state index contributed by atoms with van der Waals surface area (Å²) in [6.45, 7) is 1.75. The first kappa shape index (κ1) is 16.3. The molecule has 0 saturated carbocycles. The first-order valence-electron chi connectivity index (χ1n) is 7.64. The molecular formula is C19H16N4O2. The molecule has 1 aromatic heterocycles. The van der Waals surface area contributed by atoms with Gasteiger partial charge in [0, 0.05) is 5.69 Å². The van der Waals surface area contributed by atoms with Crippen LogP contribution in [-0.4, -0.2) is 22.6 Å². The van der Waals surface area contributed by atoms with Crippen LogP contribution in [-0.2, 0) is 0 Å². The summed E-state index contributed by atoms with van der Waals surface area (Å²) in [5.41, 5.74) is 1.88. The Bertz CT molecular complexity index is 1010. The predicted octanol–water partition coefficient (Wildman–Crippen LogP) is 3.13. The van der Waals surface area contributed by atoms with Gasteiger partial charge < -0.3 is 4.74 Å². The number of rotatable bonds is 4. The zero-order valence-electron chi connectivity index (χ0n) is 13.9. The Hall–Kier alpha value is -3.59. The number of nitriles is 1. The molecule has 0 unspecified atom stereocenters. The van der Waals surface area contributed by atoms with Gasteiger partial charge >= 0.3 is 0 Å². The molecule has 6 nitrogen and oxygen atoms in total. The maximum absolute atomic E-state index is 12.8. The summed E-state index contributed by atoms with van der Waals surface area (Å²) in [4.78, 5) is 17.1. The second-order valence-corrected chi connectivity index (χ2v) is 5.36. The van der Waals surface area contributed by atoms with Crippen LogP contribution >= 0.6 is 0 Å². The largest absolute Gasteiger partial charge is 0.497 e. The zero-order valence-corrected chi connectivity index (χ0v) is 13.9. The lowest BCUT2D eigenvalue weighted by Crippen LogP contribution is -2.20. The number of aliphatic imine (C=N–C) groups is 1. The van der Waals surface area contributed by atoms with Crippen molar-refractivity contribution in [3.8, 4) is 17.5 Å². The molecule has 1 N–H and O–H groups in total. The van der Waals surface area contributed by atoms with E-state index in [1.165, 1.54) is 4.68 Å². The molecule has 0 aliphatic rings. The normalized spacial score (nSPS) is 11.2. The topological polar surface area (TPSA) is 83.2 Å². The van der Waals surface area contributed by atoms with Crippen molar-refractivity contribution in [2.75, 3.05) is 7.11 Å². The molecule has 0 bridgehead atoms. The van der Waals surface area contributed by atoms with Crippen LogP contribution in [0.1, 0.15) is 11.3 Å². The molecule has 3 aromatic rings. The van der Waals surface area contributed by atoms with E-state index < -0.39 is 0 Å². The minimum Gasteiger partial charge on any atom is -0.497 e. The van der Waals surface area contributed by atoms with Gasteiger partial charge in [0.1, 0.15) is 11.8 Å². The second-order valence-electron chi connectivity index (χ2n) is 5.36. The Balaban J connectivity index is 2.07. The van der Waals surface area contributed by atoms with Crippen molar-refractivity contribution in [1.82, 2.24) is 9.78 Å². The third-order valence-corrected chi connectivity index (χ3v) is 3.74. The third kappa shape index (κ3) is 3.21. The van der Waals surface area contributed by atoms with Gasteiger partial charge in [-0.25, -0.2) is 9.67 Å². The number of hydrogen-bond donors (Lipinski definition) is 1. The molecule has 25 heavy (non-hydrogen) atoms. The maximum atomic E-state index is 12.8. The van der Waals surface area contributed by atoms with Crippen molar-refractivity contribution < 1.29 is 4.74 Å². The van der Waals surface area contributed by atoms with Crippen molar-refractivity contribution >= 4 is 11.4 Å². The quantitative estimate of drug-likeness (QED) is 0.745. The first-order chi connectivity index (χ1) is 12.1. The standard InChI is InChI=1S/C19H16N4O2/c1-13-18(19(24)23(22-13)15-6-4-3-5-7-15)17(12-20)21-14-8-10-16(25-2)11-9-14/h3-11,22H,1-2H3. The van der Waals surface area contributed by atoms with Gasteiger partial charge in [-0.2, -0.15) is 5.26 Å². The number of nitrogens with one attached hydrogen (secondary N) is 1. The summed E-state index contributed by atoms with van der Waals surface area (Å²) >= 11 is 0. The fraction of sp³-hybridized carbons (Fsp3) is 0.105. The molecule has 0 radical (unpaired) electrons. The molecule has 0 amide bonds. The van der Waals surface area contributed by atoms with Gasteiger partial charge in [-0.15, -0.1) is 0 Å². The highest BCUT2D eigenvalue weighted by Crippen LogP contribution is 2.19. The first-order valence-corrected chi connectivity index (χ1v) is 7.64. The van der Waals surface area contributed by atoms with Crippen LogP contribution in [0, 0.1) is 18.3 Å². The lowest BCUT2D eigenvalue weighted by Gasteiger charge is -2.00. The third-order valence-electron chi connectivity index (χ3n) is 3.74. The number of ether oxygens (including phenoxy) is 1. The average molecular weight is 332 g/mol. The van der Waals surface area contributed by atoms with E-state index in [1.54, 1.807) is 38.3 Å². The Morgan fingerprint density at radius 1 is 1.16 bits per heavy atom.